The first kappa shape index (κ1) is 17.5. The van der Waals surface area contributed by atoms with Crippen molar-refractivity contribution in [2.75, 3.05) is 25.1 Å². The molecule has 1 aromatic carbocycles. The third kappa shape index (κ3) is 3.14. The van der Waals surface area contributed by atoms with Gasteiger partial charge in [-0.3, -0.25) is 9.78 Å². The number of halogens is 1. The number of hydrogen-bond donors (Lipinski definition) is 0. The molecule has 0 saturated carbocycles. The topological polar surface area (TPSA) is 66.2 Å². The van der Waals surface area contributed by atoms with Gasteiger partial charge in [-0.2, -0.15) is 5.26 Å². The molecule has 0 radical (unpaired) electrons. The van der Waals surface area contributed by atoms with Gasteiger partial charge in [0.2, 0.25) is 0 Å². The number of methoxy groups -OCH3 is 1. The first-order valence-corrected chi connectivity index (χ1v) is 8.66. The minimum Gasteiger partial charge on any atom is -0.469 e. The van der Waals surface area contributed by atoms with Crippen LogP contribution in [0.2, 0.25) is 5.02 Å². The molecule has 25 heavy (non-hydrogen) atoms. The molecule has 2 aromatic rings. The molecule has 2 atom stereocenters. The largest absolute Gasteiger partial charge is 0.469 e. The molecule has 0 bridgehead atoms. The van der Waals surface area contributed by atoms with Crippen LogP contribution in [-0.4, -0.2) is 31.2 Å². The first-order valence-electron chi connectivity index (χ1n) is 8.29. The van der Waals surface area contributed by atoms with Crippen molar-refractivity contribution in [3.8, 4) is 6.07 Å². The van der Waals surface area contributed by atoms with Crippen LogP contribution in [0.1, 0.15) is 24.6 Å². The minimum atomic E-state index is -0.161. The number of benzene rings is 1. The van der Waals surface area contributed by atoms with E-state index in [1.54, 1.807) is 6.07 Å². The number of aromatic nitrogens is 1. The molecule has 0 N–H and O–H groups in total. The molecule has 1 aromatic heterocycles. The maximum Gasteiger partial charge on any atom is 0.309 e. The Bertz CT molecular complexity index is 875. The number of ether oxygens (including phenoxy) is 1. The summed E-state index contributed by atoms with van der Waals surface area (Å²) in [7, 11) is 1.43. The lowest BCUT2D eigenvalue weighted by atomic mass is 9.86. The number of esters is 1. The van der Waals surface area contributed by atoms with Crippen LogP contribution >= 0.6 is 11.6 Å². The van der Waals surface area contributed by atoms with Crippen LogP contribution < -0.4 is 4.90 Å². The second-order valence-corrected chi connectivity index (χ2v) is 6.97. The number of nitriles is 1. The zero-order chi connectivity index (χ0) is 18.1. The molecule has 1 unspecified atom stereocenters. The Labute approximate surface area is 152 Å². The Hall–Kier alpha value is -2.32. The van der Waals surface area contributed by atoms with Gasteiger partial charge in [-0.1, -0.05) is 18.5 Å². The molecular formula is C19H20ClN3O2. The lowest BCUT2D eigenvalue weighted by molar-refractivity contribution is -0.147. The van der Waals surface area contributed by atoms with Gasteiger partial charge >= 0.3 is 5.97 Å². The van der Waals surface area contributed by atoms with Crippen molar-refractivity contribution in [3.63, 3.8) is 0 Å². The second kappa shape index (κ2) is 6.89. The Morgan fingerprint density at radius 1 is 1.48 bits per heavy atom. The van der Waals surface area contributed by atoms with Crippen LogP contribution in [0.15, 0.2) is 18.2 Å². The summed E-state index contributed by atoms with van der Waals surface area (Å²) in [6.07, 6.45) is 0.697. The van der Waals surface area contributed by atoms with Crippen molar-refractivity contribution >= 4 is 34.2 Å². The smallest absolute Gasteiger partial charge is 0.309 e. The number of aryl methyl sites for hydroxylation is 1. The third-order valence-corrected chi connectivity index (χ3v) is 5.17. The molecule has 6 heteroatoms. The number of piperidine rings is 1. The Morgan fingerprint density at radius 2 is 2.24 bits per heavy atom. The van der Waals surface area contributed by atoms with Crippen molar-refractivity contribution in [1.82, 2.24) is 4.98 Å². The van der Waals surface area contributed by atoms with E-state index in [2.05, 4.69) is 16.0 Å². The zero-order valence-corrected chi connectivity index (χ0v) is 15.3. The summed E-state index contributed by atoms with van der Waals surface area (Å²) in [5.74, 6) is -0.133. The SMILES string of the molecule is COC(=O)[C@H]1CCN(c2c(C#N)c(C)nc3ccc(Cl)cc23)CC1C. The van der Waals surface area contributed by atoms with Crippen LogP contribution in [0.4, 0.5) is 5.69 Å². The highest BCUT2D eigenvalue weighted by Crippen LogP contribution is 2.36. The Morgan fingerprint density at radius 3 is 2.88 bits per heavy atom. The number of pyridine rings is 1. The van der Waals surface area contributed by atoms with Gasteiger partial charge < -0.3 is 9.64 Å². The van der Waals surface area contributed by atoms with Crippen molar-refractivity contribution in [1.29, 1.82) is 5.26 Å². The number of carbonyl (C=O) groups excluding carboxylic acids is 1. The fourth-order valence-corrected chi connectivity index (χ4v) is 3.82. The molecule has 5 nitrogen and oxygen atoms in total. The number of hydrogen-bond acceptors (Lipinski definition) is 5. The van der Waals surface area contributed by atoms with Gasteiger partial charge in [-0.25, -0.2) is 0 Å². The van der Waals surface area contributed by atoms with Crippen molar-refractivity contribution < 1.29 is 9.53 Å². The summed E-state index contributed by atoms with van der Waals surface area (Å²) < 4.78 is 4.91. The van der Waals surface area contributed by atoms with Gasteiger partial charge in [0.1, 0.15) is 6.07 Å². The lowest BCUT2D eigenvalue weighted by Crippen LogP contribution is -2.43. The van der Waals surface area contributed by atoms with Gasteiger partial charge in [0.25, 0.3) is 0 Å². The monoisotopic (exact) mass is 357 g/mol. The van der Waals surface area contributed by atoms with E-state index < -0.39 is 0 Å². The number of nitrogens with zero attached hydrogens (tertiary/aromatic N) is 3. The number of carbonyl (C=O) groups is 1. The fourth-order valence-electron chi connectivity index (χ4n) is 3.65. The second-order valence-electron chi connectivity index (χ2n) is 6.54. The van der Waals surface area contributed by atoms with E-state index in [0.717, 1.165) is 16.6 Å². The predicted molar refractivity (Wildman–Crippen MR) is 97.7 cm³/mol. The molecule has 1 aliphatic heterocycles. The summed E-state index contributed by atoms with van der Waals surface area (Å²) in [6, 6.07) is 7.83. The summed E-state index contributed by atoms with van der Waals surface area (Å²) in [4.78, 5) is 18.6. The Kier molecular flexibility index (Phi) is 4.82. The maximum atomic E-state index is 11.9. The predicted octanol–water partition coefficient (Wildman–Crippen LogP) is 3.70. The van der Waals surface area contributed by atoms with E-state index in [1.165, 1.54) is 7.11 Å². The van der Waals surface area contributed by atoms with Crippen LogP contribution in [0.3, 0.4) is 0 Å². The standard InChI is InChI=1S/C19H20ClN3O2/c1-11-10-23(7-6-14(11)19(24)25-3)18-15-8-13(20)4-5-17(15)22-12(2)16(18)9-21/h4-5,8,11,14H,6-7,10H2,1-3H3/t11?,14-/m0/s1. The number of fused-ring (bicyclic) bond motifs is 1. The summed E-state index contributed by atoms with van der Waals surface area (Å²) in [5, 5.41) is 11.2. The van der Waals surface area contributed by atoms with Crippen molar-refractivity contribution in [2.45, 2.75) is 20.3 Å². The average Bonchev–Trinajstić information content (AvgIpc) is 2.60. The molecule has 0 aliphatic carbocycles. The molecule has 1 saturated heterocycles. The van der Waals surface area contributed by atoms with E-state index in [-0.39, 0.29) is 17.8 Å². The molecule has 1 aliphatic rings. The normalized spacial score (nSPS) is 20.4. The van der Waals surface area contributed by atoms with Crippen molar-refractivity contribution in [2.24, 2.45) is 11.8 Å². The lowest BCUT2D eigenvalue weighted by Gasteiger charge is -2.38. The highest BCUT2D eigenvalue weighted by atomic mass is 35.5. The molecular weight excluding hydrogens is 338 g/mol. The number of anilines is 1. The molecule has 2 heterocycles. The molecule has 0 amide bonds. The van der Waals surface area contributed by atoms with E-state index in [4.69, 9.17) is 16.3 Å². The van der Waals surface area contributed by atoms with Crippen LogP contribution in [-0.2, 0) is 9.53 Å². The third-order valence-electron chi connectivity index (χ3n) is 4.94. The Balaban J connectivity index is 2.08. The van der Waals surface area contributed by atoms with Gasteiger partial charge in [0.05, 0.1) is 35.5 Å². The molecule has 3 rings (SSSR count). The average molecular weight is 358 g/mol. The van der Waals surface area contributed by atoms with Crippen LogP contribution in [0.25, 0.3) is 10.9 Å². The molecule has 130 valence electrons. The van der Waals surface area contributed by atoms with Crippen LogP contribution in [0, 0.1) is 30.1 Å². The summed E-state index contributed by atoms with van der Waals surface area (Å²) in [5.41, 5.74) is 2.95. The van der Waals surface area contributed by atoms with Crippen LogP contribution in [0.5, 0.6) is 0 Å². The maximum absolute atomic E-state index is 11.9. The van der Waals surface area contributed by atoms with E-state index in [1.807, 2.05) is 26.0 Å². The number of rotatable bonds is 2. The van der Waals surface area contributed by atoms with Gasteiger partial charge in [-0.15, -0.1) is 0 Å². The zero-order valence-electron chi connectivity index (χ0n) is 14.5. The van der Waals surface area contributed by atoms with E-state index in [0.29, 0.717) is 35.8 Å². The van der Waals surface area contributed by atoms with E-state index >= 15 is 0 Å². The highest BCUT2D eigenvalue weighted by Gasteiger charge is 2.33. The first-order chi connectivity index (χ1) is 12.0. The minimum absolute atomic E-state index is 0.107. The summed E-state index contributed by atoms with van der Waals surface area (Å²) >= 11 is 6.19. The van der Waals surface area contributed by atoms with E-state index in [9.17, 15) is 10.1 Å². The van der Waals surface area contributed by atoms with Gasteiger partial charge in [-0.05, 0) is 37.5 Å². The summed E-state index contributed by atoms with van der Waals surface area (Å²) in [6.45, 7) is 5.26. The molecule has 1 fully saturated rings. The quantitative estimate of drug-likeness (QED) is 0.766. The van der Waals surface area contributed by atoms with Crippen molar-refractivity contribution in [3.05, 3.63) is 34.5 Å². The fraction of sp³-hybridized carbons (Fsp3) is 0.421. The highest BCUT2D eigenvalue weighted by molar-refractivity contribution is 6.31. The molecule has 0 spiro atoms. The van der Waals surface area contributed by atoms with Gasteiger partial charge in [0, 0.05) is 23.5 Å². The van der Waals surface area contributed by atoms with Gasteiger partial charge in [0.15, 0.2) is 0 Å².